The molecule has 2 aromatic carbocycles. The number of carbonyl (C=O) groups is 1. The van der Waals surface area contributed by atoms with Gasteiger partial charge in [0.1, 0.15) is 5.82 Å². The summed E-state index contributed by atoms with van der Waals surface area (Å²) in [6.07, 6.45) is 0.483. The van der Waals surface area contributed by atoms with Crippen molar-refractivity contribution in [1.29, 1.82) is 0 Å². The third-order valence-corrected chi connectivity index (χ3v) is 4.58. The molecule has 9 heteroatoms. The van der Waals surface area contributed by atoms with Crippen LogP contribution in [0.2, 0.25) is 10.0 Å². The van der Waals surface area contributed by atoms with Crippen LogP contribution in [-0.2, 0) is 6.54 Å². The molecule has 3 aromatic rings. The first-order chi connectivity index (χ1) is 13.9. The molecule has 0 atom stereocenters. The fraction of sp³-hybridized carbons (Fsp3) is 0.150. The summed E-state index contributed by atoms with van der Waals surface area (Å²) >= 11 is 11.9. The van der Waals surface area contributed by atoms with Crippen molar-refractivity contribution >= 4 is 34.9 Å². The van der Waals surface area contributed by atoms with E-state index in [1.54, 1.807) is 36.4 Å². The Morgan fingerprint density at radius 2 is 1.83 bits per heavy atom. The lowest BCUT2D eigenvalue weighted by Gasteiger charge is -2.10. The summed E-state index contributed by atoms with van der Waals surface area (Å²) in [6.45, 7) is 0.630. The first kappa shape index (κ1) is 20.8. The van der Waals surface area contributed by atoms with E-state index in [1.165, 1.54) is 22.9 Å². The number of hydrogen-bond donors (Lipinski definition) is 2. The Kier molecular flexibility index (Phi) is 6.85. The molecule has 0 saturated heterocycles. The summed E-state index contributed by atoms with van der Waals surface area (Å²) in [5, 5.41) is 10.4. The van der Waals surface area contributed by atoms with Gasteiger partial charge in [0.15, 0.2) is 0 Å². The maximum Gasteiger partial charge on any atom is 0.319 e. The summed E-state index contributed by atoms with van der Waals surface area (Å²) in [5.74, 6) is -0.342. The van der Waals surface area contributed by atoms with Crippen LogP contribution in [0, 0.1) is 5.82 Å². The molecule has 29 heavy (non-hydrogen) atoms. The molecular weight excluding hydrogens is 418 g/mol. The number of halogens is 3. The Bertz CT molecular complexity index is 1070. The van der Waals surface area contributed by atoms with Gasteiger partial charge < -0.3 is 10.6 Å². The molecule has 2 amide bonds. The quantitative estimate of drug-likeness (QED) is 0.557. The highest BCUT2D eigenvalue weighted by molar-refractivity contribution is 6.35. The lowest BCUT2D eigenvalue weighted by atomic mass is 10.1. The zero-order chi connectivity index (χ0) is 20.8. The van der Waals surface area contributed by atoms with E-state index in [2.05, 4.69) is 15.7 Å². The van der Waals surface area contributed by atoms with Crippen molar-refractivity contribution in [2.75, 3.05) is 11.9 Å². The molecule has 0 fully saturated rings. The van der Waals surface area contributed by atoms with E-state index >= 15 is 0 Å². The van der Waals surface area contributed by atoms with Crippen LogP contribution in [0.5, 0.6) is 0 Å². The summed E-state index contributed by atoms with van der Waals surface area (Å²) in [5.41, 5.74) is 1.41. The number of aromatic nitrogens is 2. The van der Waals surface area contributed by atoms with Gasteiger partial charge in [0.2, 0.25) is 0 Å². The number of aryl methyl sites for hydroxylation is 1. The minimum Gasteiger partial charge on any atom is -0.338 e. The van der Waals surface area contributed by atoms with Crippen molar-refractivity contribution in [2.24, 2.45) is 0 Å². The molecule has 3 rings (SSSR count). The second-order valence-corrected chi connectivity index (χ2v) is 6.99. The van der Waals surface area contributed by atoms with Crippen LogP contribution >= 0.6 is 23.2 Å². The van der Waals surface area contributed by atoms with Crippen LogP contribution in [0.25, 0.3) is 11.3 Å². The third kappa shape index (κ3) is 5.79. The van der Waals surface area contributed by atoms with Crippen molar-refractivity contribution in [3.8, 4) is 11.3 Å². The Labute approximate surface area is 176 Å². The molecule has 0 unspecified atom stereocenters. The average molecular weight is 435 g/mol. The number of urea groups is 1. The summed E-state index contributed by atoms with van der Waals surface area (Å²) in [7, 11) is 0. The number of rotatable bonds is 6. The summed E-state index contributed by atoms with van der Waals surface area (Å²) < 4.78 is 14.4. The van der Waals surface area contributed by atoms with Gasteiger partial charge in [-0.1, -0.05) is 23.2 Å². The van der Waals surface area contributed by atoms with Crippen molar-refractivity contribution in [3.63, 3.8) is 0 Å². The average Bonchev–Trinajstić information content (AvgIpc) is 2.70. The lowest BCUT2D eigenvalue weighted by Crippen LogP contribution is -2.31. The molecule has 1 aromatic heterocycles. The van der Waals surface area contributed by atoms with Gasteiger partial charge in [-0.15, -0.1) is 0 Å². The van der Waals surface area contributed by atoms with Gasteiger partial charge in [0.25, 0.3) is 5.56 Å². The van der Waals surface area contributed by atoms with Crippen molar-refractivity contribution in [2.45, 2.75) is 13.0 Å². The molecule has 2 N–H and O–H groups in total. The fourth-order valence-corrected chi connectivity index (χ4v) is 2.91. The van der Waals surface area contributed by atoms with Gasteiger partial charge in [-0.2, -0.15) is 5.10 Å². The number of hydrogen-bond acceptors (Lipinski definition) is 3. The monoisotopic (exact) mass is 434 g/mol. The van der Waals surface area contributed by atoms with Gasteiger partial charge >= 0.3 is 6.03 Å². The predicted molar refractivity (Wildman–Crippen MR) is 112 cm³/mol. The summed E-state index contributed by atoms with van der Waals surface area (Å²) in [6, 6.07) is 13.2. The van der Waals surface area contributed by atoms with Crippen LogP contribution in [0.3, 0.4) is 0 Å². The highest BCUT2D eigenvalue weighted by atomic mass is 35.5. The Hall–Kier alpha value is -2.90. The van der Waals surface area contributed by atoms with E-state index in [1.807, 2.05) is 0 Å². The second kappa shape index (κ2) is 9.54. The fourth-order valence-electron chi connectivity index (χ4n) is 2.57. The number of nitrogens with one attached hydrogen (secondary N) is 2. The maximum atomic E-state index is 13.1. The molecule has 0 bridgehead atoms. The van der Waals surface area contributed by atoms with Crippen LogP contribution in [0.15, 0.2) is 59.4 Å². The van der Waals surface area contributed by atoms with Gasteiger partial charge in [0.05, 0.1) is 16.4 Å². The number of carbonyl (C=O) groups excluding carboxylic acids is 1. The predicted octanol–water partition coefficient (Wildman–Crippen LogP) is 4.57. The molecule has 0 aliphatic heterocycles. The van der Waals surface area contributed by atoms with Gasteiger partial charge in [-0.3, -0.25) is 4.79 Å². The minimum atomic E-state index is -0.436. The first-order valence-electron chi connectivity index (χ1n) is 8.76. The molecule has 6 nitrogen and oxygen atoms in total. The van der Waals surface area contributed by atoms with Crippen LogP contribution in [0.4, 0.5) is 14.9 Å². The largest absolute Gasteiger partial charge is 0.338 e. The van der Waals surface area contributed by atoms with E-state index in [-0.39, 0.29) is 11.4 Å². The van der Waals surface area contributed by atoms with E-state index in [0.717, 1.165) is 0 Å². The van der Waals surface area contributed by atoms with E-state index in [9.17, 15) is 14.0 Å². The van der Waals surface area contributed by atoms with Crippen LogP contribution in [-0.4, -0.2) is 22.4 Å². The normalized spacial score (nSPS) is 10.6. The highest BCUT2D eigenvalue weighted by Gasteiger charge is 2.07. The first-order valence-corrected chi connectivity index (χ1v) is 9.52. The highest BCUT2D eigenvalue weighted by Crippen LogP contribution is 2.25. The molecular formula is C20H17Cl2FN4O2. The van der Waals surface area contributed by atoms with Gasteiger partial charge in [0, 0.05) is 29.7 Å². The molecule has 150 valence electrons. The molecule has 0 aliphatic carbocycles. The standard InChI is InChI=1S/C20H17Cl2FN4O2/c21-14-4-7-16(22)18(12-14)25-20(29)24-10-1-11-27-19(28)9-8-17(26-27)13-2-5-15(23)6-3-13/h2-9,12H,1,10-11H2,(H2,24,25,29). The van der Waals surface area contributed by atoms with E-state index in [4.69, 9.17) is 23.2 Å². The Morgan fingerprint density at radius 1 is 1.07 bits per heavy atom. The smallest absolute Gasteiger partial charge is 0.319 e. The van der Waals surface area contributed by atoms with Crippen molar-refractivity contribution < 1.29 is 9.18 Å². The minimum absolute atomic E-state index is 0.258. The lowest BCUT2D eigenvalue weighted by molar-refractivity contribution is 0.251. The third-order valence-electron chi connectivity index (χ3n) is 4.02. The van der Waals surface area contributed by atoms with Crippen LogP contribution < -0.4 is 16.2 Å². The second-order valence-electron chi connectivity index (χ2n) is 6.15. The number of benzene rings is 2. The number of amides is 2. The summed E-state index contributed by atoms with van der Waals surface area (Å²) in [4.78, 5) is 24.0. The Morgan fingerprint density at radius 3 is 2.59 bits per heavy atom. The van der Waals surface area contributed by atoms with Gasteiger partial charge in [-0.25, -0.2) is 13.9 Å². The zero-order valence-corrected chi connectivity index (χ0v) is 16.7. The van der Waals surface area contributed by atoms with E-state index in [0.29, 0.717) is 46.5 Å². The maximum absolute atomic E-state index is 13.1. The topological polar surface area (TPSA) is 76.0 Å². The molecule has 1 heterocycles. The zero-order valence-electron chi connectivity index (χ0n) is 15.2. The number of anilines is 1. The van der Waals surface area contributed by atoms with Gasteiger partial charge in [-0.05, 0) is 55.0 Å². The SMILES string of the molecule is O=C(NCCCn1nc(-c2ccc(F)cc2)ccc1=O)Nc1cc(Cl)ccc1Cl. The number of nitrogens with zero attached hydrogens (tertiary/aromatic N) is 2. The van der Waals surface area contributed by atoms with Crippen molar-refractivity contribution in [1.82, 2.24) is 15.1 Å². The van der Waals surface area contributed by atoms with Crippen LogP contribution in [0.1, 0.15) is 6.42 Å². The molecule has 0 radical (unpaired) electrons. The van der Waals surface area contributed by atoms with Crippen molar-refractivity contribution in [3.05, 3.63) is 80.8 Å². The molecule has 0 spiro atoms. The molecule has 0 saturated carbocycles. The Balaban J connectivity index is 1.54. The molecule has 0 aliphatic rings. The van der Waals surface area contributed by atoms with E-state index < -0.39 is 6.03 Å².